The standard InChI is InChI=1S/C53H61N11O9/c1-29(2)47(49(67)60-39(12-9-16-56-52(54)55)48(66)59-26-31(4)65)61-53(70)62(5)34-14-15-43-33(21-34)22-36-28-57-40-24-44(30(3)19-37(40)50(68)64(36)43)72-17-10-18-73-46-25-41-38(23-45(46)71-6)51(69)63-35(27-58-41)20-32-11-7-8-13-42(32)63/h7-8,11,13-15,19,21,23-25,27-29,35-36,39,47H,9-10,12,16-18,20,22,26H2,1-6H3,(H,59,66)(H,60,67)(H,61,70)(H4,54,55,56)/t35-,36-,39-,47-/m0/s1. The molecule has 0 spiro atoms. The Hall–Kier alpha value is -8.29. The molecule has 4 aromatic rings. The summed E-state index contributed by atoms with van der Waals surface area (Å²) >= 11 is 0. The number of anilines is 3. The van der Waals surface area contributed by atoms with E-state index in [0.29, 0.717) is 90.0 Å². The predicted octanol–water partition coefficient (Wildman–Crippen LogP) is 4.84. The molecule has 73 heavy (non-hydrogen) atoms. The molecule has 4 aliphatic rings. The minimum atomic E-state index is -1.02. The Kier molecular flexibility index (Phi) is 15.4. The molecular formula is C53H61N11O9. The van der Waals surface area contributed by atoms with Crippen molar-refractivity contribution in [1.82, 2.24) is 16.0 Å². The van der Waals surface area contributed by atoms with Crippen LogP contribution in [-0.2, 0) is 27.2 Å². The highest BCUT2D eigenvalue weighted by Crippen LogP contribution is 2.42. The van der Waals surface area contributed by atoms with Gasteiger partial charge in [0.1, 0.15) is 23.6 Å². The second-order valence-corrected chi connectivity index (χ2v) is 18.8. The maximum absolute atomic E-state index is 14.3. The van der Waals surface area contributed by atoms with E-state index in [4.69, 9.17) is 35.7 Å². The number of carbonyl (C=O) groups is 6. The molecule has 382 valence electrons. The first-order valence-electron chi connectivity index (χ1n) is 24.3. The number of rotatable bonds is 19. The largest absolute Gasteiger partial charge is 0.493 e. The Bertz CT molecular complexity index is 2930. The molecule has 20 nitrogen and oxygen atoms in total. The summed E-state index contributed by atoms with van der Waals surface area (Å²) in [4.78, 5) is 98.3. The molecule has 4 atom stereocenters. The highest BCUT2D eigenvalue weighted by Gasteiger charge is 2.39. The Labute approximate surface area is 423 Å². The number of hydrogen-bond acceptors (Lipinski definition) is 12. The zero-order chi connectivity index (χ0) is 52.1. The number of Topliss-reactive ketones (excluding diaryl/α,β-unsaturated/α-hetero) is 1. The normalized spacial score (nSPS) is 16.6. The van der Waals surface area contributed by atoms with Crippen LogP contribution in [0.3, 0.4) is 0 Å². The van der Waals surface area contributed by atoms with Gasteiger partial charge in [0.25, 0.3) is 11.8 Å². The summed E-state index contributed by atoms with van der Waals surface area (Å²) in [5.41, 5.74) is 17.5. The fraction of sp³-hybridized carbons (Fsp3) is 0.377. The number of nitrogens with one attached hydrogen (secondary N) is 3. The van der Waals surface area contributed by atoms with Gasteiger partial charge >= 0.3 is 6.03 Å². The van der Waals surface area contributed by atoms with Gasteiger partial charge in [-0.1, -0.05) is 32.0 Å². The summed E-state index contributed by atoms with van der Waals surface area (Å²) in [5, 5.41) is 8.07. The van der Waals surface area contributed by atoms with Crippen molar-refractivity contribution in [1.29, 1.82) is 0 Å². The molecule has 4 aromatic carbocycles. The molecule has 0 aliphatic carbocycles. The molecule has 0 radical (unpaired) electrons. The average molecular weight is 996 g/mol. The fourth-order valence-corrected chi connectivity index (χ4v) is 9.32. The number of ether oxygens (including phenoxy) is 3. The number of guanidine groups is 1. The lowest BCUT2D eigenvalue weighted by atomic mass is 10.0. The topological polar surface area (TPSA) is 265 Å². The summed E-state index contributed by atoms with van der Waals surface area (Å²) in [5.74, 6) is -0.749. The molecule has 0 unspecified atom stereocenters. The van der Waals surface area contributed by atoms with Gasteiger partial charge in [0, 0.05) is 74.5 Å². The number of amides is 6. The zero-order valence-electron chi connectivity index (χ0n) is 41.8. The number of hydrogen-bond donors (Lipinski definition) is 5. The maximum atomic E-state index is 14.3. The molecule has 7 N–H and O–H groups in total. The SMILES string of the molecule is COc1cc2c(cc1OCCCOc1cc3c(cc1C)C(=O)N1c4ccc(N(C)C(=O)N[C@H](C(=O)N[C@@H](CCCN=C(N)N)C(=O)NCC(C)=O)C(C)C)cc4C[C@H]1C=N3)N=C[C@@H]1Cc3ccccc3N1C2=O. The first-order valence-corrected chi connectivity index (χ1v) is 24.3. The number of ketones is 1. The van der Waals surface area contributed by atoms with Crippen molar-refractivity contribution < 1.29 is 43.0 Å². The van der Waals surface area contributed by atoms with Crippen LogP contribution in [0.5, 0.6) is 17.2 Å². The van der Waals surface area contributed by atoms with Gasteiger partial charge < -0.3 is 41.6 Å². The first kappa shape index (κ1) is 51.1. The third-order valence-corrected chi connectivity index (χ3v) is 13.2. The molecule has 0 bridgehead atoms. The Morgan fingerprint density at radius 3 is 2.08 bits per heavy atom. The summed E-state index contributed by atoms with van der Waals surface area (Å²) in [7, 11) is 3.11. The van der Waals surface area contributed by atoms with Gasteiger partial charge in [-0.3, -0.25) is 53.6 Å². The molecular weight excluding hydrogens is 935 g/mol. The number of urea groups is 1. The second-order valence-electron chi connectivity index (χ2n) is 18.8. The van der Waals surface area contributed by atoms with Gasteiger partial charge in [-0.15, -0.1) is 0 Å². The number of methoxy groups -OCH3 is 1. The van der Waals surface area contributed by atoms with Crippen molar-refractivity contribution in [2.75, 3.05) is 55.2 Å². The first-order chi connectivity index (χ1) is 35.0. The Morgan fingerprint density at radius 2 is 1.42 bits per heavy atom. The number of nitrogens with two attached hydrogens (primary N) is 2. The minimum Gasteiger partial charge on any atom is -0.493 e. The van der Waals surface area contributed by atoms with Gasteiger partial charge in [0.15, 0.2) is 17.5 Å². The van der Waals surface area contributed by atoms with E-state index in [1.165, 1.54) is 18.9 Å². The van der Waals surface area contributed by atoms with E-state index < -0.39 is 29.9 Å². The van der Waals surface area contributed by atoms with Crippen LogP contribution in [0.1, 0.15) is 77.4 Å². The molecule has 0 saturated carbocycles. The van der Waals surface area contributed by atoms with Gasteiger partial charge in [-0.2, -0.15) is 0 Å². The lowest BCUT2D eigenvalue weighted by molar-refractivity contribution is -0.131. The van der Waals surface area contributed by atoms with Crippen LogP contribution < -0.4 is 56.3 Å². The number of para-hydroxylation sites is 1. The van der Waals surface area contributed by atoms with Crippen LogP contribution in [0.25, 0.3) is 0 Å². The smallest absolute Gasteiger partial charge is 0.322 e. The Balaban J connectivity index is 0.869. The van der Waals surface area contributed by atoms with Crippen molar-refractivity contribution in [2.45, 2.75) is 84.0 Å². The monoisotopic (exact) mass is 995 g/mol. The highest BCUT2D eigenvalue weighted by molar-refractivity contribution is 6.16. The molecule has 0 saturated heterocycles. The van der Waals surface area contributed by atoms with E-state index in [-0.39, 0.29) is 61.1 Å². The highest BCUT2D eigenvalue weighted by atomic mass is 16.5. The van der Waals surface area contributed by atoms with Crippen LogP contribution in [0.2, 0.25) is 0 Å². The summed E-state index contributed by atoms with van der Waals surface area (Å²) in [6, 6.07) is 17.1. The van der Waals surface area contributed by atoms with E-state index in [9.17, 15) is 28.8 Å². The fourth-order valence-electron chi connectivity index (χ4n) is 9.32. The third kappa shape index (κ3) is 11.1. The zero-order valence-corrected chi connectivity index (χ0v) is 41.8. The van der Waals surface area contributed by atoms with Gasteiger partial charge in [-0.25, -0.2) is 4.79 Å². The number of aryl methyl sites for hydroxylation is 1. The number of aliphatic imine (C=N–C) groups is 3. The lowest BCUT2D eigenvalue weighted by Gasteiger charge is -2.27. The number of carbonyl (C=O) groups excluding carboxylic acids is 6. The van der Waals surface area contributed by atoms with E-state index >= 15 is 0 Å². The molecule has 4 aliphatic heterocycles. The molecule has 0 aromatic heterocycles. The van der Waals surface area contributed by atoms with Crippen molar-refractivity contribution in [3.63, 3.8) is 0 Å². The number of nitrogens with zero attached hydrogens (tertiary/aromatic N) is 6. The summed E-state index contributed by atoms with van der Waals surface area (Å²) in [6.45, 7) is 7.37. The predicted molar refractivity (Wildman–Crippen MR) is 279 cm³/mol. The average Bonchev–Trinajstić information content (AvgIpc) is 3.86. The molecule has 4 heterocycles. The number of benzene rings is 4. The van der Waals surface area contributed by atoms with Crippen molar-refractivity contribution in [3.05, 3.63) is 94.5 Å². The minimum absolute atomic E-state index is 0.102. The van der Waals surface area contributed by atoms with Crippen LogP contribution in [0.4, 0.5) is 33.2 Å². The van der Waals surface area contributed by atoms with Gasteiger partial charge in [0.2, 0.25) is 11.8 Å². The summed E-state index contributed by atoms with van der Waals surface area (Å²) < 4.78 is 18.0. The second kappa shape index (κ2) is 22.0. The molecule has 0 fully saturated rings. The van der Waals surface area contributed by atoms with Gasteiger partial charge in [0.05, 0.1) is 61.5 Å². The van der Waals surface area contributed by atoms with E-state index in [1.54, 1.807) is 73.3 Å². The van der Waals surface area contributed by atoms with E-state index in [0.717, 1.165) is 22.4 Å². The third-order valence-electron chi connectivity index (χ3n) is 13.2. The lowest BCUT2D eigenvalue weighted by Crippen LogP contribution is -2.57. The molecule has 6 amide bonds. The van der Waals surface area contributed by atoms with Crippen LogP contribution >= 0.6 is 0 Å². The number of fused-ring (bicyclic) bond motifs is 8. The van der Waals surface area contributed by atoms with Crippen molar-refractivity contribution in [2.24, 2.45) is 32.4 Å². The van der Waals surface area contributed by atoms with Crippen LogP contribution in [0.15, 0.2) is 81.7 Å². The quantitative estimate of drug-likeness (QED) is 0.0482. The maximum Gasteiger partial charge on any atom is 0.322 e. The van der Waals surface area contributed by atoms with Crippen LogP contribution in [-0.4, -0.2) is 118 Å². The van der Waals surface area contributed by atoms with E-state index in [2.05, 4.69) is 20.9 Å². The van der Waals surface area contributed by atoms with Crippen LogP contribution in [0, 0.1) is 12.8 Å². The summed E-state index contributed by atoms with van der Waals surface area (Å²) in [6.07, 6.45) is 5.77. The van der Waals surface area contributed by atoms with Crippen molar-refractivity contribution in [3.8, 4) is 17.2 Å². The Morgan fingerprint density at radius 1 is 0.795 bits per heavy atom. The molecule has 8 rings (SSSR count). The van der Waals surface area contributed by atoms with Gasteiger partial charge in [-0.05, 0) is 85.7 Å². The van der Waals surface area contributed by atoms with E-state index in [1.807, 2.05) is 43.5 Å². The van der Waals surface area contributed by atoms with Crippen molar-refractivity contribution >= 4 is 82.3 Å². The molecule has 20 heteroatoms.